The quantitative estimate of drug-likeness (QED) is 0.0989. The van der Waals surface area contributed by atoms with Crippen LogP contribution in [0.3, 0.4) is 0 Å². The Morgan fingerprint density at radius 1 is 1.07 bits per heavy atom. The lowest BCUT2D eigenvalue weighted by molar-refractivity contribution is -0.0702. The summed E-state index contributed by atoms with van der Waals surface area (Å²) in [6.45, 7) is -2.29. The summed E-state index contributed by atoms with van der Waals surface area (Å²) < 4.78 is 47.6. The van der Waals surface area contributed by atoms with Crippen molar-refractivity contribution < 1.29 is 62.8 Å². The molecule has 5 heterocycles. The molecule has 22 nitrogen and oxygen atoms in total. The molecule has 2 saturated heterocycles. The highest BCUT2D eigenvalue weighted by Crippen LogP contribution is 2.65. The summed E-state index contributed by atoms with van der Waals surface area (Å²) in [6.07, 6.45) is -10.1. The number of nitrogens with two attached hydrogens (primary N) is 1. The molecule has 9 atom stereocenters. The van der Waals surface area contributed by atoms with Crippen LogP contribution < -0.4 is 17.0 Å². The number of aromatic amines is 1. The van der Waals surface area contributed by atoms with Crippen LogP contribution >= 0.6 is 15.4 Å². The van der Waals surface area contributed by atoms with Gasteiger partial charge in [0.05, 0.1) is 19.5 Å². The van der Waals surface area contributed by atoms with Crippen molar-refractivity contribution in [2.24, 2.45) is 0 Å². The number of phosphoric acid groups is 1. The summed E-state index contributed by atoms with van der Waals surface area (Å²) in [5.74, 6) is 0.0119. The van der Waals surface area contributed by atoms with E-state index in [0.717, 1.165) is 18.6 Å². The zero-order valence-corrected chi connectivity index (χ0v) is 23.2. The summed E-state index contributed by atoms with van der Waals surface area (Å²) in [6, 6.07) is 0.796. The molecular formula is C19H25N7O15P2. The first-order chi connectivity index (χ1) is 20.1. The molecule has 2 aliphatic heterocycles. The van der Waals surface area contributed by atoms with Crippen LogP contribution in [0.2, 0.25) is 0 Å². The van der Waals surface area contributed by atoms with Crippen molar-refractivity contribution in [1.29, 1.82) is 0 Å². The molecule has 3 aromatic rings. The van der Waals surface area contributed by atoms with E-state index in [4.69, 9.17) is 19.7 Å². The second kappa shape index (κ2) is 11.2. The van der Waals surface area contributed by atoms with Gasteiger partial charge in [-0.15, -0.1) is 0 Å². The smallest absolute Gasteiger partial charge is 0.394 e. The van der Waals surface area contributed by atoms with Crippen LogP contribution in [0, 0.1) is 0 Å². The van der Waals surface area contributed by atoms with Crippen molar-refractivity contribution in [3.63, 3.8) is 0 Å². The summed E-state index contributed by atoms with van der Waals surface area (Å²) in [5, 5.41) is 39.1. The molecule has 0 aliphatic carbocycles. The number of rotatable bonds is 9. The monoisotopic (exact) mass is 653 g/mol. The topological polar surface area (TPSA) is 337 Å². The highest BCUT2D eigenvalue weighted by Gasteiger charge is 2.69. The first-order valence-electron chi connectivity index (χ1n) is 12.0. The molecule has 10 N–H and O–H groups in total. The molecule has 2 aliphatic rings. The van der Waals surface area contributed by atoms with Gasteiger partial charge in [-0.2, -0.15) is 0 Å². The van der Waals surface area contributed by atoms with Crippen molar-refractivity contribution in [2.45, 2.75) is 48.3 Å². The van der Waals surface area contributed by atoms with E-state index in [0.29, 0.717) is 4.57 Å². The van der Waals surface area contributed by atoms with Gasteiger partial charge in [-0.3, -0.25) is 28.0 Å². The maximum absolute atomic E-state index is 13.6. The Morgan fingerprint density at radius 3 is 2.44 bits per heavy atom. The number of nitrogen functional groups attached to an aromatic ring is 1. The number of imidazole rings is 1. The molecule has 236 valence electrons. The Kier molecular flexibility index (Phi) is 8.20. The number of fused-ring (bicyclic) bond motifs is 1. The number of hydrogen-bond acceptors (Lipinski definition) is 16. The summed E-state index contributed by atoms with van der Waals surface area (Å²) in [4.78, 5) is 67.4. The minimum atomic E-state index is -5.69. The van der Waals surface area contributed by atoms with Gasteiger partial charge >= 0.3 is 21.1 Å². The number of aromatic nitrogens is 6. The van der Waals surface area contributed by atoms with E-state index in [-0.39, 0.29) is 17.0 Å². The second-order valence-electron chi connectivity index (χ2n) is 9.46. The number of anilines is 1. The molecular weight excluding hydrogens is 628 g/mol. The number of phosphoric ester groups is 1. The Balaban J connectivity index is 1.43. The maximum atomic E-state index is 13.6. The van der Waals surface area contributed by atoms with E-state index >= 15 is 0 Å². The Bertz CT molecular complexity index is 1730. The molecule has 5 rings (SSSR count). The minimum absolute atomic E-state index is 0.0119. The number of nitrogens with one attached hydrogen (secondary N) is 1. The van der Waals surface area contributed by atoms with Gasteiger partial charge in [0.15, 0.2) is 30.0 Å². The number of H-pyrrole nitrogens is 1. The molecule has 0 amide bonds. The third-order valence-electron chi connectivity index (χ3n) is 6.86. The lowest BCUT2D eigenvalue weighted by Gasteiger charge is -2.35. The van der Waals surface area contributed by atoms with Crippen molar-refractivity contribution in [2.75, 3.05) is 18.9 Å². The van der Waals surface area contributed by atoms with Crippen molar-refractivity contribution in [3.05, 3.63) is 45.8 Å². The van der Waals surface area contributed by atoms with Crippen LogP contribution in [0.25, 0.3) is 11.2 Å². The van der Waals surface area contributed by atoms with Gasteiger partial charge in [0, 0.05) is 12.3 Å². The number of aliphatic hydroxyl groups excluding tert-OH is 3. The molecule has 0 radical (unpaired) electrons. The highest BCUT2D eigenvalue weighted by molar-refractivity contribution is 7.54. The fraction of sp³-hybridized carbons (Fsp3) is 0.526. The molecule has 3 aromatic heterocycles. The van der Waals surface area contributed by atoms with E-state index in [2.05, 4.69) is 19.5 Å². The first-order valence-corrected chi connectivity index (χ1v) is 15.2. The van der Waals surface area contributed by atoms with Gasteiger partial charge in [-0.25, -0.2) is 24.3 Å². The molecule has 1 unspecified atom stereocenters. The summed E-state index contributed by atoms with van der Waals surface area (Å²) in [7, 11) is -11.3. The van der Waals surface area contributed by atoms with Crippen LogP contribution in [-0.4, -0.2) is 113 Å². The SMILES string of the molecule is Nc1ncnc2c1ncn2[C@@H]1O[C@H](COP(=O)(O)[C@@]2(O)[C@@H](CO)O[C@@H](n3ccc(=O)[nH]c3=O)[C@@H]2OP(=O)(O)O)[C@@H](O)[C@H]1O. The predicted octanol–water partition coefficient (Wildman–Crippen LogP) is -4.16. The van der Waals surface area contributed by atoms with Gasteiger partial charge in [0.25, 0.3) is 5.56 Å². The standard InChI is InChI=1S/C19H25N7O15P2/c20-14-10-15(22-5-21-14)26(6-23-10)16-12(30)11(29)7(39-16)4-38-42(33,34)19(32)8(3-27)40-17(13(19)41-43(35,36)37)25-2-1-9(28)24-18(25)31/h1-2,5-8,11-13,16-17,27,29-30,32H,3-4H2,(H,33,34)(H2,20,21,22)(H,24,28,31)(H2,35,36,37)/t7-,8-,11-,12-,13+,16-,17-,19+/m1/s1. The number of ether oxygens (including phenoxy) is 2. The van der Waals surface area contributed by atoms with E-state index in [1.165, 1.54) is 10.9 Å². The first kappa shape index (κ1) is 31.5. The molecule has 0 saturated carbocycles. The fourth-order valence-electron chi connectivity index (χ4n) is 4.80. The van der Waals surface area contributed by atoms with Crippen LogP contribution in [0.1, 0.15) is 12.5 Å². The second-order valence-corrected chi connectivity index (χ2v) is 12.7. The predicted molar refractivity (Wildman–Crippen MR) is 136 cm³/mol. The third-order valence-corrected chi connectivity index (χ3v) is 9.31. The number of nitrogens with zero attached hydrogens (tertiary/aromatic N) is 5. The van der Waals surface area contributed by atoms with Gasteiger partial charge in [-0.05, 0) is 0 Å². The number of aliphatic hydroxyl groups is 4. The lowest BCUT2D eigenvalue weighted by Crippen LogP contribution is -2.51. The van der Waals surface area contributed by atoms with Crippen molar-refractivity contribution in [3.8, 4) is 0 Å². The summed E-state index contributed by atoms with van der Waals surface area (Å²) in [5.41, 5.74) is 3.91. The summed E-state index contributed by atoms with van der Waals surface area (Å²) >= 11 is 0. The van der Waals surface area contributed by atoms with E-state index in [1.807, 2.05) is 4.98 Å². The molecule has 2 fully saturated rings. The number of hydrogen-bond donors (Lipinski definition) is 9. The van der Waals surface area contributed by atoms with Crippen molar-refractivity contribution in [1.82, 2.24) is 29.1 Å². The van der Waals surface area contributed by atoms with E-state index in [9.17, 15) is 53.8 Å². The highest BCUT2D eigenvalue weighted by atomic mass is 31.2. The lowest BCUT2D eigenvalue weighted by atomic mass is 10.1. The van der Waals surface area contributed by atoms with Crippen LogP contribution in [0.4, 0.5) is 5.82 Å². The van der Waals surface area contributed by atoms with Crippen molar-refractivity contribution >= 4 is 32.4 Å². The molecule has 0 bridgehead atoms. The van der Waals surface area contributed by atoms with Gasteiger partial charge in [0.1, 0.15) is 36.3 Å². The van der Waals surface area contributed by atoms with Crippen LogP contribution in [0.5, 0.6) is 0 Å². The molecule has 0 aromatic carbocycles. The third kappa shape index (κ3) is 5.46. The Labute approximate surface area is 237 Å². The average Bonchev–Trinajstić information content (AvgIpc) is 3.56. The molecule has 0 spiro atoms. The zero-order valence-electron chi connectivity index (χ0n) is 21.4. The molecule has 43 heavy (non-hydrogen) atoms. The average molecular weight is 653 g/mol. The maximum Gasteiger partial charge on any atom is 0.470 e. The van der Waals surface area contributed by atoms with Gasteiger partial charge in [0.2, 0.25) is 5.34 Å². The minimum Gasteiger partial charge on any atom is -0.394 e. The van der Waals surface area contributed by atoms with E-state index < -0.39 is 88.2 Å². The zero-order chi connectivity index (χ0) is 31.5. The van der Waals surface area contributed by atoms with Crippen LogP contribution in [0.15, 0.2) is 34.5 Å². The fourth-order valence-corrected chi connectivity index (χ4v) is 7.01. The largest absolute Gasteiger partial charge is 0.470 e. The Morgan fingerprint density at radius 2 is 1.79 bits per heavy atom. The van der Waals surface area contributed by atoms with E-state index in [1.54, 1.807) is 0 Å². The molecule has 24 heteroatoms. The Hall–Kier alpha value is -2.95. The van der Waals surface area contributed by atoms with Crippen LogP contribution in [-0.2, 0) is 27.7 Å². The van der Waals surface area contributed by atoms with Gasteiger partial charge < -0.3 is 54.8 Å². The normalized spacial score (nSPS) is 32.8. The van der Waals surface area contributed by atoms with Gasteiger partial charge in [-0.1, -0.05) is 0 Å².